The molecule has 0 spiro atoms. The quantitative estimate of drug-likeness (QED) is 0.855. The summed E-state index contributed by atoms with van der Waals surface area (Å²) in [5.74, 6) is 0.997. The van der Waals surface area contributed by atoms with Crippen LogP contribution < -0.4 is 4.74 Å². The fourth-order valence-corrected chi connectivity index (χ4v) is 2.33. The summed E-state index contributed by atoms with van der Waals surface area (Å²) in [5, 5.41) is 0. The molecule has 1 aliphatic rings. The Hall–Kier alpha value is -1.03. The number of benzene rings is 1. The van der Waals surface area contributed by atoms with Crippen molar-refractivity contribution in [3.63, 3.8) is 0 Å². The Morgan fingerprint density at radius 3 is 2.71 bits per heavy atom. The summed E-state index contributed by atoms with van der Waals surface area (Å²) in [4.78, 5) is 13.7. The number of para-hydroxylation sites is 1. The number of carbonyl (C=O) groups is 1. The molecular weight excluding hydrogens is 282 g/mol. The normalized spacial score (nSPS) is 15.0. The van der Waals surface area contributed by atoms with Gasteiger partial charge in [0.15, 0.2) is 0 Å². The van der Waals surface area contributed by atoms with E-state index in [-0.39, 0.29) is 5.91 Å². The molecule has 2 rings (SSSR count). The van der Waals surface area contributed by atoms with Crippen LogP contribution in [0.1, 0.15) is 19.3 Å². The van der Waals surface area contributed by atoms with E-state index in [9.17, 15) is 4.79 Å². The van der Waals surface area contributed by atoms with Crippen molar-refractivity contribution in [3.05, 3.63) is 28.7 Å². The molecule has 0 atom stereocenters. The number of halogens is 1. The van der Waals surface area contributed by atoms with Crippen LogP contribution in [0.5, 0.6) is 5.75 Å². The minimum absolute atomic E-state index is 0.203. The second kappa shape index (κ2) is 6.05. The molecule has 4 heteroatoms. The van der Waals surface area contributed by atoms with Gasteiger partial charge < -0.3 is 9.64 Å². The predicted octanol–water partition coefficient (Wildman–Crippen LogP) is 2.84. The van der Waals surface area contributed by atoms with E-state index < -0.39 is 0 Å². The van der Waals surface area contributed by atoms with Crippen LogP contribution in [0.4, 0.5) is 0 Å². The maximum Gasteiger partial charge on any atom is 0.225 e. The largest absolute Gasteiger partial charge is 0.492 e. The second-order valence-electron chi connectivity index (χ2n) is 4.12. The van der Waals surface area contributed by atoms with Crippen molar-refractivity contribution in [2.75, 3.05) is 19.7 Å². The van der Waals surface area contributed by atoms with Crippen LogP contribution in [0, 0.1) is 0 Å². The van der Waals surface area contributed by atoms with Gasteiger partial charge in [0.1, 0.15) is 5.75 Å². The number of rotatable bonds is 4. The summed E-state index contributed by atoms with van der Waals surface area (Å²) in [5.41, 5.74) is 0. The molecule has 0 radical (unpaired) electrons. The fourth-order valence-electron chi connectivity index (χ4n) is 1.93. The molecule has 0 bridgehead atoms. The Labute approximate surface area is 110 Å². The molecule has 1 aromatic carbocycles. The van der Waals surface area contributed by atoms with Gasteiger partial charge in [-0.1, -0.05) is 12.1 Å². The first-order valence-electron chi connectivity index (χ1n) is 5.92. The van der Waals surface area contributed by atoms with Gasteiger partial charge in [-0.25, -0.2) is 0 Å². The number of amides is 1. The van der Waals surface area contributed by atoms with Crippen LogP contribution in [0.25, 0.3) is 0 Å². The first kappa shape index (κ1) is 12.4. The highest BCUT2D eigenvalue weighted by Gasteiger charge is 2.17. The van der Waals surface area contributed by atoms with Crippen LogP contribution >= 0.6 is 15.9 Å². The molecule has 1 saturated heterocycles. The van der Waals surface area contributed by atoms with Crippen molar-refractivity contribution < 1.29 is 9.53 Å². The van der Waals surface area contributed by atoms with Crippen molar-refractivity contribution in [2.45, 2.75) is 19.3 Å². The molecule has 1 aliphatic heterocycles. The Morgan fingerprint density at radius 1 is 1.29 bits per heavy atom. The highest BCUT2D eigenvalue weighted by atomic mass is 79.9. The third kappa shape index (κ3) is 3.46. The van der Waals surface area contributed by atoms with Gasteiger partial charge >= 0.3 is 0 Å². The molecule has 1 fully saturated rings. The molecule has 92 valence electrons. The molecule has 3 nitrogen and oxygen atoms in total. The zero-order chi connectivity index (χ0) is 12.1. The zero-order valence-electron chi connectivity index (χ0n) is 9.69. The molecule has 0 aliphatic carbocycles. The minimum Gasteiger partial charge on any atom is -0.492 e. The lowest BCUT2D eigenvalue weighted by Crippen LogP contribution is -2.28. The van der Waals surface area contributed by atoms with E-state index in [1.165, 1.54) is 0 Å². The first-order chi connectivity index (χ1) is 8.27. The predicted molar refractivity (Wildman–Crippen MR) is 70.1 cm³/mol. The monoisotopic (exact) mass is 297 g/mol. The van der Waals surface area contributed by atoms with E-state index in [4.69, 9.17) is 4.74 Å². The van der Waals surface area contributed by atoms with E-state index in [0.29, 0.717) is 13.0 Å². The summed E-state index contributed by atoms with van der Waals surface area (Å²) in [7, 11) is 0. The topological polar surface area (TPSA) is 29.5 Å². The smallest absolute Gasteiger partial charge is 0.225 e. The number of ether oxygens (including phenoxy) is 1. The molecule has 1 amide bonds. The maximum atomic E-state index is 11.8. The van der Waals surface area contributed by atoms with E-state index in [2.05, 4.69) is 15.9 Å². The van der Waals surface area contributed by atoms with E-state index in [0.717, 1.165) is 36.2 Å². The number of likely N-dealkylation sites (tertiary alicyclic amines) is 1. The van der Waals surface area contributed by atoms with Gasteiger partial charge in [0.25, 0.3) is 0 Å². The molecule has 0 aromatic heterocycles. The average Bonchev–Trinajstić information content (AvgIpc) is 2.85. The second-order valence-corrected chi connectivity index (χ2v) is 4.97. The first-order valence-corrected chi connectivity index (χ1v) is 6.72. The fraction of sp³-hybridized carbons (Fsp3) is 0.462. The van der Waals surface area contributed by atoms with Crippen LogP contribution in [0.2, 0.25) is 0 Å². The van der Waals surface area contributed by atoms with E-state index in [1.807, 2.05) is 29.2 Å². The Balaban J connectivity index is 1.76. The molecule has 0 unspecified atom stereocenters. The van der Waals surface area contributed by atoms with Gasteiger partial charge in [-0.05, 0) is 40.9 Å². The summed E-state index contributed by atoms with van der Waals surface area (Å²) in [6, 6.07) is 7.68. The van der Waals surface area contributed by atoms with Crippen LogP contribution in [0.3, 0.4) is 0 Å². The highest BCUT2D eigenvalue weighted by molar-refractivity contribution is 9.10. The maximum absolute atomic E-state index is 11.8. The summed E-state index contributed by atoms with van der Waals surface area (Å²) < 4.78 is 6.50. The summed E-state index contributed by atoms with van der Waals surface area (Å²) in [6.07, 6.45) is 2.73. The lowest BCUT2D eigenvalue weighted by Gasteiger charge is -2.15. The van der Waals surface area contributed by atoms with Gasteiger partial charge in [0.2, 0.25) is 5.91 Å². The molecule has 1 heterocycles. The SMILES string of the molecule is O=C(CCOc1ccccc1Br)N1CCCC1. The lowest BCUT2D eigenvalue weighted by atomic mass is 10.3. The molecular formula is C13H16BrNO2. The Kier molecular flexibility index (Phi) is 4.42. The number of hydrogen-bond acceptors (Lipinski definition) is 2. The van der Waals surface area contributed by atoms with Crippen LogP contribution in [0.15, 0.2) is 28.7 Å². The van der Waals surface area contributed by atoms with Gasteiger partial charge in [0.05, 0.1) is 17.5 Å². The molecule has 17 heavy (non-hydrogen) atoms. The van der Waals surface area contributed by atoms with Crippen molar-refractivity contribution in [1.29, 1.82) is 0 Å². The summed E-state index contributed by atoms with van der Waals surface area (Å²) in [6.45, 7) is 2.26. The Bertz CT molecular complexity index is 389. The number of nitrogens with zero attached hydrogens (tertiary/aromatic N) is 1. The van der Waals surface area contributed by atoms with Gasteiger partial charge in [-0.2, -0.15) is 0 Å². The number of carbonyl (C=O) groups excluding carboxylic acids is 1. The summed E-state index contributed by atoms with van der Waals surface area (Å²) >= 11 is 3.41. The van der Waals surface area contributed by atoms with Crippen molar-refractivity contribution in [2.24, 2.45) is 0 Å². The van der Waals surface area contributed by atoms with Crippen molar-refractivity contribution >= 4 is 21.8 Å². The van der Waals surface area contributed by atoms with Crippen LogP contribution in [-0.2, 0) is 4.79 Å². The van der Waals surface area contributed by atoms with E-state index >= 15 is 0 Å². The molecule has 1 aromatic rings. The third-order valence-corrected chi connectivity index (χ3v) is 3.52. The minimum atomic E-state index is 0.203. The standard InChI is InChI=1S/C13H16BrNO2/c14-11-5-1-2-6-12(11)17-10-7-13(16)15-8-3-4-9-15/h1-2,5-6H,3-4,7-10H2. The van der Waals surface area contributed by atoms with Crippen molar-refractivity contribution in [3.8, 4) is 5.75 Å². The third-order valence-electron chi connectivity index (χ3n) is 2.87. The Morgan fingerprint density at radius 2 is 2.00 bits per heavy atom. The average molecular weight is 298 g/mol. The van der Waals surface area contributed by atoms with E-state index in [1.54, 1.807) is 0 Å². The molecule has 0 saturated carbocycles. The molecule has 0 N–H and O–H groups in total. The van der Waals surface area contributed by atoms with Crippen LogP contribution in [-0.4, -0.2) is 30.5 Å². The van der Waals surface area contributed by atoms with Gasteiger partial charge in [0, 0.05) is 13.1 Å². The lowest BCUT2D eigenvalue weighted by molar-refractivity contribution is -0.130. The zero-order valence-corrected chi connectivity index (χ0v) is 11.3. The highest BCUT2D eigenvalue weighted by Crippen LogP contribution is 2.23. The number of hydrogen-bond donors (Lipinski definition) is 0. The van der Waals surface area contributed by atoms with Gasteiger partial charge in [-0.3, -0.25) is 4.79 Å². The van der Waals surface area contributed by atoms with Gasteiger partial charge in [-0.15, -0.1) is 0 Å². The van der Waals surface area contributed by atoms with Crippen molar-refractivity contribution in [1.82, 2.24) is 4.90 Å².